The lowest BCUT2D eigenvalue weighted by Crippen LogP contribution is -2.48. The number of nitrogens with zero attached hydrogens (tertiary/aromatic N) is 2. The summed E-state index contributed by atoms with van der Waals surface area (Å²) in [6.07, 6.45) is 0. The normalized spacial score (nSPS) is 16.8. The zero-order valence-corrected chi connectivity index (χ0v) is 14.5. The molecular weight excluding hydrogens is 296 g/mol. The lowest BCUT2D eigenvalue weighted by Gasteiger charge is -2.35. The quantitative estimate of drug-likeness (QED) is 0.831. The number of nitrogens with one attached hydrogen (secondary N) is 1. The van der Waals surface area contributed by atoms with Crippen molar-refractivity contribution in [1.82, 2.24) is 4.90 Å². The number of amides is 1. The van der Waals surface area contributed by atoms with Gasteiger partial charge in [-0.3, -0.25) is 9.69 Å². The van der Waals surface area contributed by atoms with Crippen LogP contribution in [0.15, 0.2) is 18.2 Å². The molecule has 5 nitrogen and oxygen atoms in total. The van der Waals surface area contributed by atoms with E-state index in [4.69, 9.17) is 18.0 Å². The van der Waals surface area contributed by atoms with E-state index in [9.17, 15) is 4.79 Å². The Hall–Kier alpha value is -1.50. The molecule has 120 valence electrons. The molecule has 1 aromatic rings. The topological polar surface area (TPSA) is 61.6 Å². The monoisotopic (exact) mass is 320 g/mol. The number of benzene rings is 1. The predicted octanol–water partition coefficient (Wildman–Crippen LogP) is 1.75. The summed E-state index contributed by atoms with van der Waals surface area (Å²) < 4.78 is 0. The molecule has 0 unspecified atom stereocenters. The average molecular weight is 320 g/mol. The first-order valence-electron chi connectivity index (χ1n) is 7.38. The molecule has 0 atom stereocenters. The highest BCUT2D eigenvalue weighted by Crippen LogP contribution is 2.25. The SMILES string of the molecule is Cc1cc(NC(=O)C(C)(C)N)ccc1N1CCN(C)CC1=S. The predicted molar refractivity (Wildman–Crippen MR) is 95.5 cm³/mol. The van der Waals surface area contributed by atoms with E-state index >= 15 is 0 Å². The molecule has 0 bridgehead atoms. The number of anilines is 2. The fourth-order valence-electron chi connectivity index (χ4n) is 2.37. The van der Waals surface area contributed by atoms with Crippen molar-refractivity contribution in [3.05, 3.63) is 23.8 Å². The molecule has 1 fully saturated rings. The summed E-state index contributed by atoms with van der Waals surface area (Å²) in [5, 5.41) is 2.85. The maximum absolute atomic E-state index is 11.9. The van der Waals surface area contributed by atoms with Gasteiger partial charge in [-0.2, -0.15) is 0 Å². The summed E-state index contributed by atoms with van der Waals surface area (Å²) in [6, 6.07) is 5.86. The van der Waals surface area contributed by atoms with Gasteiger partial charge in [0.1, 0.15) is 0 Å². The van der Waals surface area contributed by atoms with Crippen LogP contribution in [-0.4, -0.2) is 48.0 Å². The van der Waals surface area contributed by atoms with Crippen LogP contribution in [0.1, 0.15) is 19.4 Å². The second kappa shape index (κ2) is 6.32. The summed E-state index contributed by atoms with van der Waals surface area (Å²) in [7, 11) is 2.07. The van der Waals surface area contributed by atoms with E-state index in [1.54, 1.807) is 13.8 Å². The Kier molecular flexibility index (Phi) is 4.84. The highest BCUT2D eigenvalue weighted by molar-refractivity contribution is 7.80. The van der Waals surface area contributed by atoms with Crippen molar-refractivity contribution in [3.8, 4) is 0 Å². The van der Waals surface area contributed by atoms with Crippen molar-refractivity contribution < 1.29 is 4.79 Å². The maximum atomic E-state index is 11.9. The number of aryl methyl sites for hydroxylation is 1. The third kappa shape index (κ3) is 3.82. The van der Waals surface area contributed by atoms with Gasteiger partial charge in [0.25, 0.3) is 0 Å². The van der Waals surface area contributed by atoms with Crippen LogP contribution in [0.5, 0.6) is 0 Å². The van der Waals surface area contributed by atoms with Crippen molar-refractivity contribution in [2.45, 2.75) is 26.3 Å². The molecule has 0 aliphatic carbocycles. The molecule has 1 saturated heterocycles. The molecule has 1 aliphatic heterocycles. The number of likely N-dealkylation sites (N-methyl/N-ethyl adjacent to an activating group) is 1. The van der Waals surface area contributed by atoms with Crippen LogP contribution < -0.4 is 16.0 Å². The molecule has 1 aliphatic rings. The number of piperazine rings is 1. The third-order valence-corrected chi connectivity index (χ3v) is 4.09. The lowest BCUT2D eigenvalue weighted by molar-refractivity contribution is -0.120. The number of thiocarbonyl (C=S) groups is 1. The van der Waals surface area contributed by atoms with Gasteiger partial charge in [-0.15, -0.1) is 0 Å². The number of hydrogen-bond donors (Lipinski definition) is 2. The van der Waals surface area contributed by atoms with Crippen LogP contribution in [-0.2, 0) is 4.79 Å². The Morgan fingerprint density at radius 3 is 2.59 bits per heavy atom. The lowest BCUT2D eigenvalue weighted by atomic mass is 10.1. The molecule has 1 heterocycles. The molecule has 0 spiro atoms. The third-order valence-electron chi connectivity index (χ3n) is 3.74. The van der Waals surface area contributed by atoms with E-state index in [1.165, 1.54) is 0 Å². The smallest absolute Gasteiger partial charge is 0.243 e. The van der Waals surface area contributed by atoms with Crippen LogP contribution >= 0.6 is 12.2 Å². The standard InChI is InChI=1S/C16H24N4OS/c1-11-9-12(18-15(21)16(2,3)17)5-6-13(11)20-8-7-19(4)10-14(20)22/h5-6,9H,7-8,10,17H2,1-4H3,(H,18,21). The molecule has 6 heteroatoms. The van der Waals surface area contributed by atoms with Crippen LogP contribution in [0.2, 0.25) is 0 Å². The molecule has 22 heavy (non-hydrogen) atoms. The number of rotatable bonds is 3. The highest BCUT2D eigenvalue weighted by atomic mass is 32.1. The van der Waals surface area contributed by atoms with Gasteiger partial charge in [0.05, 0.1) is 10.5 Å². The minimum Gasteiger partial charge on any atom is -0.333 e. The zero-order chi connectivity index (χ0) is 16.5. The summed E-state index contributed by atoms with van der Waals surface area (Å²) >= 11 is 5.50. The Balaban J connectivity index is 2.16. The summed E-state index contributed by atoms with van der Waals surface area (Å²) in [6.45, 7) is 8.07. The molecule has 3 N–H and O–H groups in total. The van der Waals surface area contributed by atoms with E-state index in [2.05, 4.69) is 22.2 Å². The Bertz CT molecular complexity index is 594. The average Bonchev–Trinajstić information content (AvgIpc) is 2.39. The van der Waals surface area contributed by atoms with Crippen LogP contribution in [0.3, 0.4) is 0 Å². The van der Waals surface area contributed by atoms with Gasteiger partial charge >= 0.3 is 0 Å². The van der Waals surface area contributed by atoms with Crippen molar-refractivity contribution in [3.63, 3.8) is 0 Å². The van der Waals surface area contributed by atoms with E-state index in [0.29, 0.717) is 0 Å². The van der Waals surface area contributed by atoms with Gasteiger partial charge in [0.15, 0.2) is 0 Å². The first kappa shape index (κ1) is 16.9. The Labute approximate surface area is 137 Å². The fraction of sp³-hybridized carbons (Fsp3) is 0.500. The van der Waals surface area contributed by atoms with Crippen molar-refractivity contribution in [2.24, 2.45) is 5.73 Å². The minimum absolute atomic E-state index is 0.199. The molecule has 1 aromatic carbocycles. The summed E-state index contributed by atoms with van der Waals surface area (Å²) in [5.74, 6) is -0.199. The van der Waals surface area contributed by atoms with Crippen LogP contribution in [0, 0.1) is 6.92 Å². The second-order valence-electron chi connectivity index (χ2n) is 6.46. The highest BCUT2D eigenvalue weighted by Gasteiger charge is 2.23. The Morgan fingerprint density at radius 2 is 2.05 bits per heavy atom. The second-order valence-corrected chi connectivity index (χ2v) is 6.93. The summed E-state index contributed by atoms with van der Waals surface area (Å²) in [4.78, 5) is 17.3. The van der Waals surface area contributed by atoms with E-state index in [1.807, 2.05) is 25.1 Å². The molecular formula is C16H24N4OS. The largest absolute Gasteiger partial charge is 0.333 e. The van der Waals surface area contributed by atoms with Gasteiger partial charge in [-0.25, -0.2) is 0 Å². The first-order chi connectivity index (χ1) is 10.2. The van der Waals surface area contributed by atoms with Crippen LogP contribution in [0.25, 0.3) is 0 Å². The van der Waals surface area contributed by atoms with Crippen molar-refractivity contribution in [2.75, 3.05) is 36.9 Å². The van der Waals surface area contributed by atoms with Crippen LogP contribution in [0.4, 0.5) is 11.4 Å². The van der Waals surface area contributed by atoms with E-state index in [0.717, 1.165) is 41.6 Å². The molecule has 1 amide bonds. The maximum Gasteiger partial charge on any atom is 0.243 e. The number of hydrogen-bond acceptors (Lipinski definition) is 4. The first-order valence-corrected chi connectivity index (χ1v) is 7.79. The van der Waals surface area contributed by atoms with Gasteiger partial charge < -0.3 is 16.0 Å². The van der Waals surface area contributed by atoms with Crippen molar-refractivity contribution >= 4 is 34.5 Å². The molecule has 0 aromatic heterocycles. The molecule has 0 radical (unpaired) electrons. The van der Waals surface area contributed by atoms with Gasteiger partial charge in [0.2, 0.25) is 5.91 Å². The zero-order valence-electron chi connectivity index (χ0n) is 13.6. The fourth-order valence-corrected chi connectivity index (χ4v) is 2.78. The van der Waals surface area contributed by atoms with E-state index in [-0.39, 0.29) is 5.91 Å². The molecule has 0 saturated carbocycles. The van der Waals surface area contributed by atoms with E-state index < -0.39 is 5.54 Å². The Morgan fingerprint density at radius 1 is 1.36 bits per heavy atom. The number of carbonyl (C=O) groups excluding carboxylic acids is 1. The van der Waals surface area contributed by atoms with Gasteiger partial charge in [-0.1, -0.05) is 12.2 Å². The van der Waals surface area contributed by atoms with Gasteiger partial charge in [-0.05, 0) is 51.6 Å². The van der Waals surface area contributed by atoms with Crippen molar-refractivity contribution in [1.29, 1.82) is 0 Å². The number of carbonyl (C=O) groups is 1. The summed E-state index contributed by atoms with van der Waals surface area (Å²) in [5.41, 5.74) is 7.84. The number of nitrogens with two attached hydrogens (primary N) is 1. The molecule has 2 rings (SSSR count). The minimum atomic E-state index is -0.897. The van der Waals surface area contributed by atoms with Gasteiger partial charge in [0, 0.05) is 31.0 Å².